The van der Waals surface area contributed by atoms with Crippen molar-refractivity contribution in [2.24, 2.45) is 0 Å². The van der Waals surface area contributed by atoms with Crippen molar-refractivity contribution in [3.63, 3.8) is 0 Å². The maximum absolute atomic E-state index is 5.78. The third-order valence-electron chi connectivity index (χ3n) is 2.14. The molecule has 0 spiro atoms. The van der Waals surface area contributed by atoms with Gasteiger partial charge in [0.2, 0.25) is 0 Å². The molecule has 1 aromatic rings. The molecule has 13 heavy (non-hydrogen) atoms. The van der Waals surface area contributed by atoms with E-state index in [2.05, 4.69) is 42.8 Å². The van der Waals surface area contributed by atoms with Crippen LogP contribution in [0.4, 0.5) is 0 Å². The quantitative estimate of drug-likeness (QED) is 0.703. The first-order valence-electron chi connectivity index (χ1n) is 4.30. The van der Waals surface area contributed by atoms with Crippen molar-refractivity contribution in [2.75, 3.05) is 5.88 Å². The highest BCUT2D eigenvalue weighted by Gasteiger charge is 2.24. The Balaban J connectivity index is 2.98. The standard InChI is InChI=1S/C10H14BrClS/c1-7-6-8(11)9(13-7)10(2,3)4-5-12/h6H,4-5H2,1-3H3. The van der Waals surface area contributed by atoms with Crippen LogP contribution in [0.15, 0.2) is 10.5 Å². The van der Waals surface area contributed by atoms with Gasteiger partial charge in [-0.3, -0.25) is 0 Å². The van der Waals surface area contributed by atoms with Gasteiger partial charge in [-0.05, 0) is 35.3 Å². The Bertz CT molecular complexity index is 291. The SMILES string of the molecule is Cc1cc(Br)c(C(C)(C)CCCl)s1. The highest BCUT2D eigenvalue weighted by atomic mass is 79.9. The fourth-order valence-corrected chi connectivity index (χ4v) is 4.07. The lowest BCUT2D eigenvalue weighted by molar-refractivity contribution is 0.518. The lowest BCUT2D eigenvalue weighted by atomic mass is 9.88. The van der Waals surface area contributed by atoms with E-state index < -0.39 is 0 Å². The number of halogens is 2. The molecule has 1 heterocycles. The van der Waals surface area contributed by atoms with E-state index in [1.807, 2.05) is 11.3 Å². The molecular weight excluding hydrogens is 268 g/mol. The number of thiophene rings is 1. The minimum Gasteiger partial charge on any atom is -0.144 e. The zero-order valence-electron chi connectivity index (χ0n) is 8.16. The van der Waals surface area contributed by atoms with Gasteiger partial charge in [-0.2, -0.15) is 0 Å². The summed E-state index contributed by atoms with van der Waals surface area (Å²) in [6, 6.07) is 2.18. The Morgan fingerprint density at radius 1 is 1.54 bits per heavy atom. The van der Waals surface area contributed by atoms with Crippen LogP contribution in [0.2, 0.25) is 0 Å². The van der Waals surface area contributed by atoms with Crippen molar-refractivity contribution in [2.45, 2.75) is 32.6 Å². The van der Waals surface area contributed by atoms with E-state index in [1.54, 1.807) is 0 Å². The predicted molar refractivity (Wildman–Crippen MR) is 65.1 cm³/mol. The number of aryl methyl sites for hydroxylation is 1. The molecule has 0 bridgehead atoms. The number of hydrogen-bond acceptors (Lipinski definition) is 1. The van der Waals surface area contributed by atoms with Gasteiger partial charge in [0.05, 0.1) is 0 Å². The average Bonchev–Trinajstić information content (AvgIpc) is 2.30. The third-order valence-corrected chi connectivity index (χ3v) is 4.64. The molecular formula is C10H14BrClS. The molecule has 3 heteroatoms. The largest absolute Gasteiger partial charge is 0.144 e. The second-order valence-electron chi connectivity index (χ2n) is 3.86. The summed E-state index contributed by atoms with van der Waals surface area (Å²) in [6.07, 6.45) is 1.02. The molecule has 0 unspecified atom stereocenters. The van der Waals surface area contributed by atoms with Gasteiger partial charge >= 0.3 is 0 Å². The maximum Gasteiger partial charge on any atom is 0.0322 e. The molecule has 0 nitrogen and oxygen atoms in total. The van der Waals surface area contributed by atoms with Crippen molar-refractivity contribution >= 4 is 38.9 Å². The summed E-state index contributed by atoms with van der Waals surface area (Å²) in [7, 11) is 0. The highest BCUT2D eigenvalue weighted by Crippen LogP contribution is 2.39. The number of rotatable bonds is 3. The Kier molecular flexibility index (Phi) is 3.84. The molecule has 1 rings (SSSR count). The van der Waals surface area contributed by atoms with E-state index in [1.165, 1.54) is 14.2 Å². The zero-order chi connectivity index (χ0) is 10.1. The smallest absolute Gasteiger partial charge is 0.0322 e. The summed E-state index contributed by atoms with van der Waals surface area (Å²) >= 11 is 11.2. The van der Waals surface area contributed by atoms with Gasteiger partial charge in [0.1, 0.15) is 0 Å². The lowest BCUT2D eigenvalue weighted by Crippen LogP contribution is -2.16. The van der Waals surface area contributed by atoms with Gasteiger partial charge in [-0.25, -0.2) is 0 Å². The average molecular weight is 282 g/mol. The third kappa shape index (κ3) is 2.71. The van der Waals surface area contributed by atoms with Crippen LogP contribution < -0.4 is 0 Å². The van der Waals surface area contributed by atoms with Gasteiger partial charge in [-0.15, -0.1) is 22.9 Å². The van der Waals surface area contributed by atoms with Crippen LogP contribution in [0.1, 0.15) is 30.0 Å². The van der Waals surface area contributed by atoms with Gasteiger partial charge < -0.3 is 0 Å². The molecule has 74 valence electrons. The van der Waals surface area contributed by atoms with Gasteiger partial charge in [0, 0.05) is 25.5 Å². The predicted octanol–water partition coefficient (Wildman–Crippen LogP) is 4.73. The van der Waals surface area contributed by atoms with E-state index >= 15 is 0 Å². The fraction of sp³-hybridized carbons (Fsp3) is 0.600. The molecule has 0 atom stereocenters. The maximum atomic E-state index is 5.78. The van der Waals surface area contributed by atoms with E-state index in [-0.39, 0.29) is 5.41 Å². The van der Waals surface area contributed by atoms with Crippen LogP contribution in [-0.4, -0.2) is 5.88 Å². The molecule has 0 amide bonds. The zero-order valence-corrected chi connectivity index (χ0v) is 11.3. The fourth-order valence-electron chi connectivity index (χ4n) is 1.29. The summed E-state index contributed by atoms with van der Waals surface area (Å²) < 4.78 is 1.23. The van der Waals surface area contributed by atoms with Crippen molar-refractivity contribution in [3.05, 3.63) is 20.3 Å². The molecule has 0 saturated carbocycles. The monoisotopic (exact) mass is 280 g/mol. The van der Waals surface area contributed by atoms with E-state index in [0.717, 1.165) is 12.3 Å². The Labute approximate surface area is 97.4 Å². The van der Waals surface area contributed by atoms with Crippen LogP contribution in [0.3, 0.4) is 0 Å². The molecule has 0 saturated heterocycles. The number of hydrogen-bond donors (Lipinski definition) is 0. The molecule has 0 N–H and O–H groups in total. The normalized spacial score (nSPS) is 12.1. The summed E-state index contributed by atoms with van der Waals surface area (Å²) in [4.78, 5) is 2.76. The van der Waals surface area contributed by atoms with Crippen molar-refractivity contribution < 1.29 is 0 Å². The molecule has 0 aliphatic carbocycles. The van der Waals surface area contributed by atoms with Crippen molar-refractivity contribution in [1.29, 1.82) is 0 Å². The van der Waals surface area contributed by atoms with E-state index in [4.69, 9.17) is 11.6 Å². The summed E-state index contributed by atoms with van der Waals surface area (Å²) in [5, 5.41) is 0. The molecule has 0 aliphatic rings. The van der Waals surface area contributed by atoms with Crippen LogP contribution in [0.5, 0.6) is 0 Å². The number of alkyl halides is 1. The molecule has 0 fully saturated rings. The minimum absolute atomic E-state index is 0.194. The van der Waals surface area contributed by atoms with Crippen molar-refractivity contribution in [1.82, 2.24) is 0 Å². The highest BCUT2D eigenvalue weighted by molar-refractivity contribution is 9.10. The molecule has 0 aromatic carbocycles. The first-order chi connectivity index (χ1) is 5.97. The van der Waals surface area contributed by atoms with E-state index in [0.29, 0.717) is 0 Å². The van der Waals surface area contributed by atoms with Crippen LogP contribution >= 0.6 is 38.9 Å². The summed E-state index contributed by atoms with van der Waals surface area (Å²) in [5.74, 6) is 0.719. The van der Waals surface area contributed by atoms with Crippen LogP contribution in [-0.2, 0) is 5.41 Å². The second kappa shape index (κ2) is 4.33. The Hall–Kier alpha value is 0.470. The molecule has 0 aliphatic heterocycles. The van der Waals surface area contributed by atoms with Gasteiger partial charge in [-0.1, -0.05) is 13.8 Å². The van der Waals surface area contributed by atoms with E-state index in [9.17, 15) is 0 Å². The van der Waals surface area contributed by atoms with Gasteiger partial charge in [0.25, 0.3) is 0 Å². The Morgan fingerprint density at radius 3 is 2.54 bits per heavy atom. The van der Waals surface area contributed by atoms with Crippen LogP contribution in [0.25, 0.3) is 0 Å². The minimum atomic E-state index is 0.194. The topological polar surface area (TPSA) is 0 Å². The summed E-state index contributed by atoms with van der Waals surface area (Å²) in [6.45, 7) is 6.62. The first kappa shape index (κ1) is 11.5. The van der Waals surface area contributed by atoms with Crippen molar-refractivity contribution in [3.8, 4) is 0 Å². The molecule has 1 aromatic heterocycles. The van der Waals surface area contributed by atoms with Crippen LogP contribution in [0, 0.1) is 6.92 Å². The Morgan fingerprint density at radius 2 is 2.15 bits per heavy atom. The first-order valence-corrected chi connectivity index (χ1v) is 6.44. The van der Waals surface area contributed by atoms with Gasteiger partial charge in [0.15, 0.2) is 0 Å². The lowest BCUT2D eigenvalue weighted by Gasteiger charge is -2.22. The molecule has 0 radical (unpaired) electrons. The summed E-state index contributed by atoms with van der Waals surface area (Å²) in [5.41, 5.74) is 0.194. The second-order valence-corrected chi connectivity index (χ2v) is 6.35.